The van der Waals surface area contributed by atoms with E-state index in [0.29, 0.717) is 6.42 Å². The van der Waals surface area contributed by atoms with E-state index in [1.165, 1.54) is 0 Å². The summed E-state index contributed by atoms with van der Waals surface area (Å²) in [5, 5.41) is 0. The summed E-state index contributed by atoms with van der Waals surface area (Å²) in [6, 6.07) is 0. The molecule has 0 aromatic heterocycles. The summed E-state index contributed by atoms with van der Waals surface area (Å²) in [7, 11) is 0. The van der Waals surface area contributed by atoms with Gasteiger partial charge in [0.05, 0.1) is 5.54 Å². The molecule has 1 rings (SSSR count). The zero-order valence-corrected chi connectivity index (χ0v) is 9.73. The standard InChI is InChI=1S/C12H23NO/c1-11(2,3)9-6-10(14)12(13)7-4-5-8-12/h4-9,13H2,1-3H3. The Kier molecular flexibility index (Phi) is 3.36. The van der Waals surface area contributed by atoms with Gasteiger partial charge in [-0.2, -0.15) is 0 Å². The fourth-order valence-corrected chi connectivity index (χ4v) is 2.02. The highest BCUT2D eigenvalue weighted by atomic mass is 16.1. The average Bonchev–Trinajstić information content (AvgIpc) is 2.48. The molecule has 1 aliphatic rings. The number of carbonyl (C=O) groups excluding carboxylic acids is 1. The minimum atomic E-state index is -0.467. The van der Waals surface area contributed by atoms with Gasteiger partial charge in [-0.1, -0.05) is 33.6 Å². The molecule has 1 saturated carbocycles. The minimum Gasteiger partial charge on any atom is -0.319 e. The van der Waals surface area contributed by atoms with Gasteiger partial charge in [-0.3, -0.25) is 4.79 Å². The number of hydrogen-bond acceptors (Lipinski definition) is 2. The summed E-state index contributed by atoms with van der Waals surface area (Å²) in [6.07, 6.45) is 5.65. The molecule has 2 heteroatoms. The summed E-state index contributed by atoms with van der Waals surface area (Å²) in [5.74, 6) is 0.282. The molecule has 1 aliphatic carbocycles. The van der Waals surface area contributed by atoms with Crippen LogP contribution in [0, 0.1) is 5.41 Å². The Morgan fingerprint density at radius 3 is 2.21 bits per heavy atom. The molecule has 0 atom stereocenters. The molecule has 0 bridgehead atoms. The Morgan fingerprint density at radius 2 is 1.79 bits per heavy atom. The van der Waals surface area contributed by atoms with Gasteiger partial charge in [-0.05, 0) is 24.7 Å². The molecule has 0 aliphatic heterocycles. The van der Waals surface area contributed by atoms with Crippen LogP contribution in [0.25, 0.3) is 0 Å². The number of carbonyl (C=O) groups is 1. The summed E-state index contributed by atoms with van der Waals surface area (Å²) < 4.78 is 0. The zero-order chi connectivity index (χ0) is 10.8. The maximum atomic E-state index is 11.9. The van der Waals surface area contributed by atoms with Crippen LogP contribution in [0.3, 0.4) is 0 Å². The first kappa shape index (κ1) is 11.7. The lowest BCUT2D eigenvalue weighted by Crippen LogP contribution is -2.45. The van der Waals surface area contributed by atoms with E-state index in [1.807, 2.05) is 0 Å². The highest BCUT2D eigenvalue weighted by molar-refractivity contribution is 5.88. The molecule has 0 saturated heterocycles. The molecule has 0 aromatic rings. The molecule has 82 valence electrons. The molecule has 0 radical (unpaired) electrons. The molecule has 2 nitrogen and oxygen atoms in total. The van der Waals surface area contributed by atoms with E-state index in [9.17, 15) is 4.79 Å². The molecular weight excluding hydrogens is 174 g/mol. The molecule has 0 heterocycles. The Balaban J connectivity index is 2.42. The van der Waals surface area contributed by atoms with Gasteiger partial charge in [0.1, 0.15) is 0 Å². The van der Waals surface area contributed by atoms with Gasteiger partial charge >= 0.3 is 0 Å². The van der Waals surface area contributed by atoms with Crippen molar-refractivity contribution >= 4 is 5.78 Å². The quantitative estimate of drug-likeness (QED) is 0.756. The Morgan fingerprint density at radius 1 is 1.29 bits per heavy atom. The van der Waals surface area contributed by atoms with Crippen LogP contribution in [-0.4, -0.2) is 11.3 Å². The van der Waals surface area contributed by atoms with Crippen LogP contribution in [0.5, 0.6) is 0 Å². The summed E-state index contributed by atoms with van der Waals surface area (Å²) in [4.78, 5) is 11.9. The number of ketones is 1. The summed E-state index contributed by atoms with van der Waals surface area (Å²) in [6.45, 7) is 6.49. The van der Waals surface area contributed by atoms with Crippen molar-refractivity contribution in [2.24, 2.45) is 11.1 Å². The van der Waals surface area contributed by atoms with Crippen LogP contribution in [-0.2, 0) is 4.79 Å². The van der Waals surface area contributed by atoms with Crippen LogP contribution in [0.2, 0.25) is 0 Å². The number of hydrogen-bond donors (Lipinski definition) is 1. The van der Waals surface area contributed by atoms with Crippen molar-refractivity contribution in [1.29, 1.82) is 0 Å². The summed E-state index contributed by atoms with van der Waals surface area (Å²) in [5.41, 5.74) is 5.86. The molecule has 14 heavy (non-hydrogen) atoms. The van der Waals surface area contributed by atoms with Crippen LogP contribution >= 0.6 is 0 Å². The van der Waals surface area contributed by atoms with Gasteiger partial charge in [0, 0.05) is 6.42 Å². The highest BCUT2D eigenvalue weighted by Crippen LogP contribution is 2.31. The lowest BCUT2D eigenvalue weighted by atomic mass is 9.84. The molecule has 0 amide bonds. The Bertz CT molecular complexity index is 209. The maximum Gasteiger partial charge on any atom is 0.152 e. The summed E-state index contributed by atoms with van der Waals surface area (Å²) >= 11 is 0. The monoisotopic (exact) mass is 197 g/mol. The van der Waals surface area contributed by atoms with E-state index in [-0.39, 0.29) is 11.2 Å². The number of nitrogens with two attached hydrogens (primary N) is 1. The molecule has 2 N–H and O–H groups in total. The number of Topliss-reactive ketones (excluding diaryl/α,β-unsaturated/α-hetero) is 1. The fraction of sp³-hybridized carbons (Fsp3) is 0.917. The topological polar surface area (TPSA) is 43.1 Å². The van der Waals surface area contributed by atoms with Gasteiger partial charge < -0.3 is 5.73 Å². The third-order valence-electron chi connectivity index (χ3n) is 3.15. The van der Waals surface area contributed by atoms with E-state index >= 15 is 0 Å². The first-order chi connectivity index (χ1) is 6.33. The van der Waals surface area contributed by atoms with Gasteiger partial charge in [-0.25, -0.2) is 0 Å². The van der Waals surface area contributed by atoms with Gasteiger partial charge in [0.25, 0.3) is 0 Å². The van der Waals surface area contributed by atoms with Crippen LogP contribution in [0.4, 0.5) is 0 Å². The molecule has 0 unspecified atom stereocenters. The maximum absolute atomic E-state index is 11.9. The lowest BCUT2D eigenvalue weighted by molar-refractivity contribution is -0.124. The van der Waals surface area contributed by atoms with Crippen molar-refractivity contribution < 1.29 is 4.79 Å². The van der Waals surface area contributed by atoms with E-state index in [0.717, 1.165) is 32.1 Å². The van der Waals surface area contributed by atoms with Crippen molar-refractivity contribution in [1.82, 2.24) is 0 Å². The van der Waals surface area contributed by atoms with Crippen molar-refractivity contribution in [3.8, 4) is 0 Å². The predicted molar refractivity (Wildman–Crippen MR) is 59.1 cm³/mol. The van der Waals surface area contributed by atoms with Crippen molar-refractivity contribution in [2.45, 2.75) is 64.8 Å². The van der Waals surface area contributed by atoms with E-state index < -0.39 is 5.54 Å². The van der Waals surface area contributed by atoms with Gasteiger partial charge in [-0.15, -0.1) is 0 Å². The third-order valence-corrected chi connectivity index (χ3v) is 3.15. The Labute approximate surface area is 87.2 Å². The second-order valence-electron chi connectivity index (χ2n) is 5.85. The zero-order valence-electron chi connectivity index (χ0n) is 9.73. The van der Waals surface area contributed by atoms with Gasteiger partial charge in [0.2, 0.25) is 0 Å². The minimum absolute atomic E-state index is 0.241. The molecule has 0 aromatic carbocycles. The smallest absolute Gasteiger partial charge is 0.152 e. The van der Waals surface area contributed by atoms with Gasteiger partial charge in [0.15, 0.2) is 5.78 Å². The van der Waals surface area contributed by atoms with Crippen LogP contribution < -0.4 is 5.73 Å². The van der Waals surface area contributed by atoms with Crippen molar-refractivity contribution in [2.75, 3.05) is 0 Å². The Hall–Kier alpha value is -0.370. The largest absolute Gasteiger partial charge is 0.319 e. The molecule has 0 spiro atoms. The van der Waals surface area contributed by atoms with Crippen LogP contribution in [0.15, 0.2) is 0 Å². The fourth-order valence-electron chi connectivity index (χ4n) is 2.02. The highest BCUT2D eigenvalue weighted by Gasteiger charge is 2.36. The first-order valence-electron chi connectivity index (χ1n) is 5.66. The second-order valence-corrected chi connectivity index (χ2v) is 5.85. The lowest BCUT2D eigenvalue weighted by Gasteiger charge is -2.24. The normalized spacial score (nSPS) is 21.1. The molecule has 1 fully saturated rings. The van der Waals surface area contributed by atoms with E-state index in [1.54, 1.807) is 0 Å². The van der Waals surface area contributed by atoms with Crippen molar-refractivity contribution in [3.63, 3.8) is 0 Å². The number of rotatable bonds is 3. The average molecular weight is 197 g/mol. The molecular formula is C12H23NO. The third kappa shape index (κ3) is 3.09. The van der Waals surface area contributed by atoms with Crippen molar-refractivity contribution in [3.05, 3.63) is 0 Å². The van der Waals surface area contributed by atoms with E-state index in [2.05, 4.69) is 20.8 Å². The SMILES string of the molecule is CC(C)(C)CCC(=O)C1(N)CCCC1. The van der Waals surface area contributed by atoms with E-state index in [4.69, 9.17) is 5.73 Å². The van der Waals surface area contributed by atoms with Crippen LogP contribution in [0.1, 0.15) is 59.3 Å². The predicted octanol–water partition coefficient (Wildman–Crippen LogP) is 2.65. The second kappa shape index (κ2) is 4.01. The first-order valence-corrected chi connectivity index (χ1v) is 5.66.